The molecule has 0 radical (unpaired) electrons. The van der Waals surface area contributed by atoms with Crippen molar-refractivity contribution < 1.29 is 17.4 Å². The molecule has 8 heteroatoms. The lowest BCUT2D eigenvalue weighted by molar-refractivity contribution is 0.0934. The summed E-state index contributed by atoms with van der Waals surface area (Å²) in [6, 6.07) is 5.57. The third-order valence-electron chi connectivity index (χ3n) is 3.10. The first-order chi connectivity index (χ1) is 9.36. The van der Waals surface area contributed by atoms with Gasteiger partial charge in [-0.3, -0.25) is 9.00 Å². The summed E-state index contributed by atoms with van der Waals surface area (Å²) in [5.74, 6) is 0.826. The second-order valence-electron chi connectivity index (χ2n) is 4.56. The maximum atomic E-state index is 12.0. The first kappa shape index (κ1) is 15.5. The van der Waals surface area contributed by atoms with Crippen molar-refractivity contribution in [2.45, 2.75) is 23.8 Å². The van der Waals surface area contributed by atoms with Crippen LogP contribution in [-0.2, 0) is 19.9 Å². The molecule has 1 fully saturated rings. The Hall–Kier alpha value is -0.920. The minimum absolute atomic E-state index is 0.0172. The van der Waals surface area contributed by atoms with Crippen LogP contribution in [0.5, 0.6) is 0 Å². The quantitative estimate of drug-likeness (QED) is 0.843. The number of hydrogen-bond donors (Lipinski definition) is 1. The summed E-state index contributed by atoms with van der Waals surface area (Å²) < 4.78 is 33.7. The predicted octanol–water partition coefficient (Wildman–Crippen LogP) is 1.25. The van der Waals surface area contributed by atoms with E-state index in [0.717, 1.165) is 0 Å². The van der Waals surface area contributed by atoms with Gasteiger partial charge in [0.15, 0.2) is 0 Å². The van der Waals surface area contributed by atoms with Crippen LogP contribution in [0.3, 0.4) is 0 Å². The highest BCUT2D eigenvalue weighted by molar-refractivity contribution is 8.13. The summed E-state index contributed by atoms with van der Waals surface area (Å²) >= 11 is 0. The molecule has 2 rings (SSSR count). The van der Waals surface area contributed by atoms with Gasteiger partial charge in [0.1, 0.15) is 0 Å². The molecular formula is C12H14ClNO4S2. The van der Waals surface area contributed by atoms with Crippen LogP contribution in [-0.4, -0.2) is 36.1 Å². The molecule has 5 nitrogen and oxygen atoms in total. The second-order valence-corrected chi connectivity index (χ2v) is 8.82. The Kier molecular flexibility index (Phi) is 4.82. The van der Waals surface area contributed by atoms with E-state index in [-0.39, 0.29) is 22.4 Å². The van der Waals surface area contributed by atoms with Crippen LogP contribution in [0, 0.1) is 0 Å². The van der Waals surface area contributed by atoms with Crippen LogP contribution < -0.4 is 5.32 Å². The first-order valence-electron chi connectivity index (χ1n) is 6.07. The SMILES string of the molecule is O=C(NC1CCS(=O)CC1)c1cccc(S(=O)(=O)Cl)c1. The molecule has 1 N–H and O–H groups in total. The zero-order valence-electron chi connectivity index (χ0n) is 10.5. The van der Waals surface area contributed by atoms with Crippen molar-refractivity contribution in [2.75, 3.05) is 11.5 Å². The minimum Gasteiger partial charge on any atom is -0.349 e. The number of amides is 1. The predicted molar refractivity (Wildman–Crippen MR) is 77.8 cm³/mol. The zero-order chi connectivity index (χ0) is 14.8. The van der Waals surface area contributed by atoms with E-state index in [9.17, 15) is 17.4 Å². The Morgan fingerprint density at radius 2 is 1.95 bits per heavy atom. The Bertz CT molecular complexity index is 635. The molecule has 1 amide bonds. The van der Waals surface area contributed by atoms with E-state index < -0.39 is 19.9 Å². The van der Waals surface area contributed by atoms with Crippen LogP contribution in [0.1, 0.15) is 23.2 Å². The molecule has 0 aromatic heterocycles. The zero-order valence-corrected chi connectivity index (χ0v) is 12.9. The molecule has 1 aromatic carbocycles. The van der Waals surface area contributed by atoms with Crippen molar-refractivity contribution >= 4 is 36.4 Å². The molecule has 1 aliphatic heterocycles. The Labute approximate surface area is 124 Å². The van der Waals surface area contributed by atoms with Crippen LogP contribution >= 0.6 is 10.7 Å². The lowest BCUT2D eigenvalue weighted by atomic mass is 10.1. The van der Waals surface area contributed by atoms with E-state index in [0.29, 0.717) is 24.3 Å². The van der Waals surface area contributed by atoms with Gasteiger partial charge in [-0.05, 0) is 31.0 Å². The van der Waals surface area contributed by atoms with Crippen molar-refractivity contribution in [3.05, 3.63) is 29.8 Å². The average molecular weight is 336 g/mol. The molecule has 0 spiro atoms. The van der Waals surface area contributed by atoms with Gasteiger partial charge in [-0.15, -0.1) is 0 Å². The molecule has 0 aliphatic carbocycles. The van der Waals surface area contributed by atoms with E-state index in [1.54, 1.807) is 0 Å². The van der Waals surface area contributed by atoms with E-state index in [4.69, 9.17) is 10.7 Å². The van der Waals surface area contributed by atoms with Crippen molar-refractivity contribution in [1.82, 2.24) is 5.32 Å². The van der Waals surface area contributed by atoms with Gasteiger partial charge in [-0.1, -0.05) is 6.07 Å². The van der Waals surface area contributed by atoms with Crippen LogP contribution in [0.15, 0.2) is 29.2 Å². The Morgan fingerprint density at radius 3 is 2.55 bits per heavy atom. The number of rotatable bonds is 3. The average Bonchev–Trinajstić information content (AvgIpc) is 2.40. The van der Waals surface area contributed by atoms with Gasteiger partial charge >= 0.3 is 0 Å². The number of carbonyl (C=O) groups is 1. The number of carbonyl (C=O) groups excluding carboxylic acids is 1. The molecule has 1 aliphatic rings. The van der Waals surface area contributed by atoms with E-state index in [1.165, 1.54) is 24.3 Å². The number of halogens is 1. The fourth-order valence-corrected chi connectivity index (χ4v) is 4.09. The molecule has 1 heterocycles. The lowest BCUT2D eigenvalue weighted by Gasteiger charge is -2.22. The highest BCUT2D eigenvalue weighted by atomic mass is 35.7. The van der Waals surface area contributed by atoms with Crippen LogP contribution in [0.25, 0.3) is 0 Å². The highest BCUT2D eigenvalue weighted by Crippen LogP contribution is 2.17. The number of hydrogen-bond acceptors (Lipinski definition) is 4. The summed E-state index contributed by atoms with van der Waals surface area (Å²) in [6.45, 7) is 0. The molecule has 20 heavy (non-hydrogen) atoms. The fraction of sp³-hybridized carbons (Fsp3) is 0.417. The monoisotopic (exact) mass is 335 g/mol. The van der Waals surface area contributed by atoms with Crippen LogP contribution in [0.4, 0.5) is 0 Å². The fourth-order valence-electron chi connectivity index (χ4n) is 2.00. The van der Waals surface area contributed by atoms with E-state index in [2.05, 4.69) is 5.32 Å². The summed E-state index contributed by atoms with van der Waals surface area (Å²) in [6.07, 6.45) is 1.34. The smallest absolute Gasteiger partial charge is 0.261 e. The maximum Gasteiger partial charge on any atom is 0.261 e. The molecule has 1 aromatic rings. The van der Waals surface area contributed by atoms with Gasteiger partial charge in [0.05, 0.1) is 4.90 Å². The first-order valence-corrected chi connectivity index (χ1v) is 9.86. The van der Waals surface area contributed by atoms with Gasteiger partial charge in [0, 0.05) is 44.6 Å². The normalized spacial score (nSPS) is 23.2. The Balaban J connectivity index is 2.08. The van der Waals surface area contributed by atoms with Crippen molar-refractivity contribution in [3.8, 4) is 0 Å². The van der Waals surface area contributed by atoms with Gasteiger partial charge in [0.25, 0.3) is 15.0 Å². The summed E-state index contributed by atoms with van der Waals surface area (Å²) in [5.41, 5.74) is 0.249. The van der Waals surface area contributed by atoms with Gasteiger partial charge < -0.3 is 5.32 Å². The number of benzene rings is 1. The molecule has 0 unspecified atom stereocenters. The van der Waals surface area contributed by atoms with Crippen molar-refractivity contribution in [2.24, 2.45) is 0 Å². The summed E-state index contributed by atoms with van der Waals surface area (Å²) in [5, 5.41) is 2.82. The summed E-state index contributed by atoms with van der Waals surface area (Å²) in [7, 11) is 0.619. The van der Waals surface area contributed by atoms with Crippen molar-refractivity contribution in [3.63, 3.8) is 0 Å². The molecule has 1 saturated heterocycles. The lowest BCUT2D eigenvalue weighted by Crippen LogP contribution is -2.39. The third-order valence-corrected chi connectivity index (χ3v) is 5.83. The number of nitrogens with one attached hydrogen (secondary N) is 1. The molecule has 0 bridgehead atoms. The second kappa shape index (κ2) is 6.24. The largest absolute Gasteiger partial charge is 0.349 e. The van der Waals surface area contributed by atoms with Gasteiger partial charge in [0.2, 0.25) is 0 Å². The highest BCUT2D eigenvalue weighted by Gasteiger charge is 2.20. The Morgan fingerprint density at radius 1 is 1.30 bits per heavy atom. The van der Waals surface area contributed by atoms with Gasteiger partial charge in [-0.2, -0.15) is 0 Å². The topological polar surface area (TPSA) is 80.3 Å². The summed E-state index contributed by atoms with van der Waals surface area (Å²) in [4.78, 5) is 11.9. The third kappa shape index (κ3) is 4.04. The minimum atomic E-state index is -3.85. The molecular weight excluding hydrogens is 322 g/mol. The molecule has 0 saturated carbocycles. The van der Waals surface area contributed by atoms with Crippen LogP contribution in [0.2, 0.25) is 0 Å². The van der Waals surface area contributed by atoms with Gasteiger partial charge in [-0.25, -0.2) is 8.42 Å². The van der Waals surface area contributed by atoms with Crippen molar-refractivity contribution in [1.29, 1.82) is 0 Å². The maximum absolute atomic E-state index is 12.0. The van der Waals surface area contributed by atoms with E-state index >= 15 is 0 Å². The standard InChI is InChI=1S/C12H14ClNO4S2/c13-20(17,18)11-3-1-2-9(8-11)12(15)14-10-4-6-19(16)7-5-10/h1-3,8,10H,4-7H2,(H,14,15). The molecule has 0 atom stereocenters. The van der Waals surface area contributed by atoms with E-state index in [1.807, 2.05) is 0 Å². The molecule has 110 valence electrons.